The molecule has 1 aliphatic rings. The molecule has 2 N–H and O–H groups in total. The molecule has 0 aliphatic carbocycles. The Morgan fingerprint density at radius 3 is 2.79 bits per heavy atom. The van der Waals surface area contributed by atoms with Gasteiger partial charge in [0.05, 0.1) is 12.1 Å². The van der Waals surface area contributed by atoms with Gasteiger partial charge in [-0.25, -0.2) is 0 Å². The molecule has 1 aromatic heterocycles. The van der Waals surface area contributed by atoms with E-state index in [9.17, 15) is 18.0 Å². The minimum absolute atomic E-state index is 0.0147. The molecule has 1 aromatic carbocycles. The van der Waals surface area contributed by atoms with Gasteiger partial charge in [-0.1, -0.05) is 36.0 Å². The summed E-state index contributed by atoms with van der Waals surface area (Å²) >= 11 is 0. The van der Waals surface area contributed by atoms with Crippen LogP contribution in [-0.4, -0.2) is 23.4 Å². The van der Waals surface area contributed by atoms with Crippen LogP contribution < -0.4 is 10.6 Å². The predicted molar refractivity (Wildman–Crippen MR) is 102 cm³/mol. The minimum atomic E-state index is -4.47. The number of nitrogens with one attached hydrogen (secondary N) is 2. The van der Waals surface area contributed by atoms with E-state index in [1.165, 1.54) is 24.3 Å². The van der Waals surface area contributed by atoms with Crippen LogP contribution in [0.25, 0.3) is 0 Å². The van der Waals surface area contributed by atoms with Crippen LogP contribution in [0.5, 0.6) is 0 Å². The molecule has 9 heteroatoms. The summed E-state index contributed by atoms with van der Waals surface area (Å²) < 4.78 is 44.3. The van der Waals surface area contributed by atoms with Gasteiger partial charge < -0.3 is 15.2 Å². The topological polar surface area (TPSA) is 79.5 Å². The fraction of sp³-hybridized carbons (Fsp3) is 0.150. The van der Waals surface area contributed by atoms with Crippen LogP contribution in [-0.2, 0) is 11.0 Å². The number of amides is 1. The highest BCUT2D eigenvalue weighted by Crippen LogP contribution is 2.32. The number of carbonyl (C=O) groups excluding carboxylic acids is 1. The van der Waals surface area contributed by atoms with Crippen LogP contribution in [0.1, 0.15) is 16.9 Å². The maximum Gasteiger partial charge on any atom is 0.417 e. The molecule has 2 aromatic rings. The Bertz CT molecular complexity index is 1030. The monoisotopic (exact) mass is 402 g/mol. The highest BCUT2D eigenvalue weighted by molar-refractivity contribution is 6.05. The summed E-state index contributed by atoms with van der Waals surface area (Å²) in [4.78, 5) is 16.1. The first kappa shape index (κ1) is 20.1. The highest BCUT2D eigenvalue weighted by Gasteiger charge is 2.34. The molecular weight excluding hydrogens is 385 g/mol. The molecule has 0 radical (unpaired) electrons. The number of hydrogen-bond donors (Lipinski definition) is 2. The average Bonchev–Trinajstić information content (AvgIpc) is 3.30. The quantitative estimate of drug-likeness (QED) is 0.586. The molecule has 0 bridgehead atoms. The zero-order valence-electron chi connectivity index (χ0n) is 15.4. The van der Waals surface area contributed by atoms with Gasteiger partial charge >= 0.3 is 6.18 Å². The lowest BCUT2D eigenvalue weighted by atomic mass is 10.1. The fourth-order valence-corrected chi connectivity index (χ4v) is 2.56. The molecule has 150 valence electrons. The third kappa shape index (κ3) is 5.01. The van der Waals surface area contributed by atoms with Crippen LogP contribution in [0.2, 0.25) is 0 Å². The highest BCUT2D eigenvalue weighted by atomic mass is 19.4. The maximum absolute atomic E-state index is 13.2. The molecule has 0 fully saturated rings. The zero-order valence-corrected chi connectivity index (χ0v) is 15.4. The Morgan fingerprint density at radius 1 is 1.34 bits per heavy atom. The molecule has 0 spiro atoms. The van der Waals surface area contributed by atoms with Gasteiger partial charge in [-0.2, -0.15) is 13.2 Å². The predicted octanol–water partition coefficient (Wildman–Crippen LogP) is 3.99. The van der Waals surface area contributed by atoms with Gasteiger partial charge in [0.25, 0.3) is 5.91 Å². The largest absolute Gasteiger partial charge is 0.417 e. The van der Waals surface area contributed by atoms with Crippen LogP contribution in [0.3, 0.4) is 0 Å². The number of aromatic nitrogens is 1. The third-order valence-corrected chi connectivity index (χ3v) is 3.93. The molecule has 0 saturated carbocycles. The molecule has 0 atom stereocenters. The molecule has 0 unspecified atom stereocenters. The van der Waals surface area contributed by atoms with Crippen molar-refractivity contribution >= 4 is 17.6 Å². The standard InChI is InChI=1S/C20H17F3N4O2/c1-12(19(28)26-17-10-13(2)29-27-17)6-5-7-14-11-24-18(25-14)15-8-3-4-9-16(15)20(21,22)23/h3-10H,1,11H2,2H3,(H,24,25)(H,26,27,28)/b6-5-,14-7+. The van der Waals surface area contributed by atoms with Crippen molar-refractivity contribution in [3.63, 3.8) is 0 Å². The van der Waals surface area contributed by atoms with E-state index in [1.807, 2.05) is 0 Å². The number of carbonyl (C=O) groups is 1. The summed E-state index contributed by atoms with van der Waals surface area (Å²) in [5.74, 6) is 0.527. The zero-order chi connectivity index (χ0) is 21.0. The van der Waals surface area contributed by atoms with E-state index in [0.717, 1.165) is 6.07 Å². The van der Waals surface area contributed by atoms with Gasteiger partial charge in [0, 0.05) is 22.9 Å². The van der Waals surface area contributed by atoms with Crippen molar-refractivity contribution in [2.45, 2.75) is 13.1 Å². The molecule has 6 nitrogen and oxygen atoms in total. The number of amidine groups is 1. The van der Waals surface area contributed by atoms with Crippen molar-refractivity contribution in [1.82, 2.24) is 10.5 Å². The number of benzene rings is 1. The Kier molecular flexibility index (Phi) is 5.67. The Balaban J connectivity index is 1.61. The summed E-state index contributed by atoms with van der Waals surface area (Å²) in [5, 5.41) is 9.06. The van der Waals surface area contributed by atoms with Gasteiger partial charge in [-0.15, -0.1) is 0 Å². The summed E-state index contributed by atoms with van der Waals surface area (Å²) in [6, 6.07) is 6.80. The molecular formula is C20H17F3N4O2. The first-order valence-electron chi connectivity index (χ1n) is 8.53. The van der Waals surface area contributed by atoms with Crippen LogP contribution in [0.15, 0.2) is 75.9 Å². The van der Waals surface area contributed by atoms with Gasteiger partial charge in [0.2, 0.25) is 0 Å². The second kappa shape index (κ2) is 8.17. The number of rotatable bonds is 5. The number of allylic oxidation sites excluding steroid dienone is 2. The van der Waals surface area contributed by atoms with E-state index in [-0.39, 0.29) is 29.3 Å². The fourth-order valence-electron chi connectivity index (χ4n) is 2.56. The first-order valence-corrected chi connectivity index (χ1v) is 8.53. The number of aliphatic imine (C=N–C) groups is 1. The Hall–Kier alpha value is -3.62. The van der Waals surface area contributed by atoms with Crippen molar-refractivity contribution in [3.05, 3.63) is 83.3 Å². The van der Waals surface area contributed by atoms with E-state index >= 15 is 0 Å². The minimum Gasteiger partial charge on any atom is -0.360 e. The second-order valence-electron chi connectivity index (χ2n) is 6.19. The Morgan fingerprint density at radius 2 is 2.10 bits per heavy atom. The van der Waals surface area contributed by atoms with Crippen molar-refractivity contribution in [3.8, 4) is 0 Å². The molecule has 3 rings (SSSR count). The summed E-state index contributed by atoms with van der Waals surface area (Å²) in [5.41, 5.74) is -0.00660. The van der Waals surface area contributed by atoms with Crippen LogP contribution in [0, 0.1) is 6.92 Å². The molecule has 2 heterocycles. The van der Waals surface area contributed by atoms with Crippen molar-refractivity contribution < 1.29 is 22.5 Å². The van der Waals surface area contributed by atoms with Crippen molar-refractivity contribution in [1.29, 1.82) is 0 Å². The molecule has 0 saturated heterocycles. The Labute approximate surface area is 164 Å². The lowest BCUT2D eigenvalue weighted by Crippen LogP contribution is -2.22. The molecule has 29 heavy (non-hydrogen) atoms. The first-order chi connectivity index (χ1) is 13.7. The number of nitrogens with zero attached hydrogens (tertiary/aromatic N) is 2. The van der Waals surface area contributed by atoms with Crippen LogP contribution in [0.4, 0.5) is 19.0 Å². The number of aryl methyl sites for hydroxylation is 1. The normalized spacial score (nSPS) is 15.4. The van der Waals surface area contributed by atoms with E-state index < -0.39 is 17.6 Å². The smallest absolute Gasteiger partial charge is 0.360 e. The lowest BCUT2D eigenvalue weighted by Gasteiger charge is -2.12. The van der Waals surface area contributed by atoms with Crippen molar-refractivity contribution in [2.24, 2.45) is 4.99 Å². The maximum atomic E-state index is 13.2. The summed E-state index contributed by atoms with van der Waals surface area (Å²) in [6.07, 6.45) is 0.178. The number of hydrogen-bond acceptors (Lipinski definition) is 5. The molecule has 1 aliphatic heterocycles. The average molecular weight is 402 g/mol. The summed E-state index contributed by atoms with van der Waals surface area (Å²) in [7, 11) is 0. The third-order valence-electron chi connectivity index (χ3n) is 3.93. The van der Waals surface area contributed by atoms with Crippen molar-refractivity contribution in [2.75, 3.05) is 11.9 Å². The van der Waals surface area contributed by atoms with E-state index in [2.05, 4.69) is 27.4 Å². The number of alkyl halides is 3. The summed E-state index contributed by atoms with van der Waals surface area (Å²) in [6.45, 7) is 5.56. The number of anilines is 1. The van der Waals surface area contributed by atoms with Gasteiger partial charge in [-0.05, 0) is 25.1 Å². The van der Waals surface area contributed by atoms with Gasteiger partial charge in [0.15, 0.2) is 5.82 Å². The molecule has 1 amide bonds. The van der Waals surface area contributed by atoms with E-state index in [0.29, 0.717) is 11.5 Å². The van der Waals surface area contributed by atoms with Gasteiger partial charge in [-0.3, -0.25) is 9.79 Å². The van der Waals surface area contributed by atoms with E-state index in [1.54, 1.807) is 25.1 Å². The lowest BCUT2D eigenvalue weighted by molar-refractivity contribution is -0.137. The second-order valence-corrected chi connectivity index (χ2v) is 6.19. The number of halogens is 3. The van der Waals surface area contributed by atoms with Gasteiger partial charge in [0.1, 0.15) is 11.6 Å². The van der Waals surface area contributed by atoms with Crippen LogP contribution >= 0.6 is 0 Å². The van der Waals surface area contributed by atoms with E-state index in [4.69, 9.17) is 4.52 Å². The SMILES string of the molecule is C=C(/C=C\C=C1/CN=C(c2ccccc2C(F)(F)F)N1)C(=O)Nc1cc(C)on1.